The van der Waals surface area contributed by atoms with E-state index in [-0.39, 0.29) is 5.91 Å². The van der Waals surface area contributed by atoms with Crippen LogP contribution < -0.4 is 4.90 Å². The quantitative estimate of drug-likeness (QED) is 0.821. The normalized spacial score (nSPS) is 21.1. The Morgan fingerprint density at radius 1 is 1.10 bits per heavy atom. The Hall–Kier alpha value is -1.80. The Morgan fingerprint density at radius 3 is 2.50 bits per heavy atom. The van der Waals surface area contributed by atoms with Crippen molar-refractivity contribution in [2.24, 2.45) is 0 Å². The number of para-hydroxylation sites is 1. The molecule has 102 valence electrons. The lowest BCUT2D eigenvalue weighted by molar-refractivity contribution is -0.122. The van der Waals surface area contributed by atoms with Gasteiger partial charge in [0.15, 0.2) is 0 Å². The van der Waals surface area contributed by atoms with Crippen molar-refractivity contribution in [2.45, 2.75) is 18.8 Å². The highest BCUT2D eigenvalue weighted by Crippen LogP contribution is 2.43. The molecule has 3 heteroatoms. The van der Waals surface area contributed by atoms with E-state index in [0.29, 0.717) is 11.4 Å². The molecular weight excluding hydrogens is 270 g/mol. The second kappa shape index (κ2) is 4.64. The number of fused-ring (bicyclic) bond motifs is 1. The first kappa shape index (κ1) is 13.2. The maximum absolute atomic E-state index is 12.7. The van der Waals surface area contributed by atoms with Crippen LogP contribution in [0.2, 0.25) is 5.02 Å². The minimum atomic E-state index is -0.545. The van der Waals surface area contributed by atoms with Crippen molar-refractivity contribution in [3.63, 3.8) is 0 Å². The molecular formula is C17H16ClNO. The third kappa shape index (κ3) is 1.83. The molecule has 0 saturated heterocycles. The van der Waals surface area contributed by atoms with E-state index < -0.39 is 5.41 Å². The van der Waals surface area contributed by atoms with Gasteiger partial charge in [-0.15, -0.1) is 0 Å². The largest absolute Gasteiger partial charge is 0.314 e. The van der Waals surface area contributed by atoms with Crippen LogP contribution in [0.1, 0.15) is 18.1 Å². The SMILES string of the molecule is CN1C(=O)C(C)(Cc2ccccc2Cl)c2ccccc21. The summed E-state index contributed by atoms with van der Waals surface area (Å²) in [5.74, 6) is 0.124. The summed E-state index contributed by atoms with van der Waals surface area (Å²) in [4.78, 5) is 14.4. The Bertz CT molecular complexity index is 682. The minimum Gasteiger partial charge on any atom is -0.314 e. The molecule has 2 aromatic carbocycles. The monoisotopic (exact) mass is 285 g/mol. The van der Waals surface area contributed by atoms with Gasteiger partial charge in [-0.2, -0.15) is 0 Å². The molecule has 2 aromatic rings. The lowest BCUT2D eigenvalue weighted by atomic mass is 9.78. The number of carbonyl (C=O) groups excluding carboxylic acids is 1. The Labute approximate surface area is 124 Å². The van der Waals surface area contributed by atoms with Gasteiger partial charge < -0.3 is 4.90 Å². The van der Waals surface area contributed by atoms with Gasteiger partial charge in [-0.05, 0) is 36.6 Å². The molecule has 1 heterocycles. The number of benzene rings is 2. The van der Waals surface area contributed by atoms with E-state index in [1.807, 2.05) is 62.5 Å². The van der Waals surface area contributed by atoms with E-state index in [4.69, 9.17) is 11.6 Å². The van der Waals surface area contributed by atoms with Crippen molar-refractivity contribution in [3.05, 3.63) is 64.7 Å². The van der Waals surface area contributed by atoms with Gasteiger partial charge in [0.1, 0.15) is 0 Å². The number of amides is 1. The zero-order chi connectivity index (χ0) is 14.3. The van der Waals surface area contributed by atoms with Crippen molar-refractivity contribution < 1.29 is 4.79 Å². The molecule has 0 aliphatic carbocycles. The first-order valence-corrected chi connectivity index (χ1v) is 7.03. The van der Waals surface area contributed by atoms with Crippen LogP contribution in [0.5, 0.6) is 0 Å². The molecule has 1 aliphatic heterocycles. The molecule has 3 rings (SSSR count). The number of halogens is 1. The second-order valence-electron chi connectivity index (χ2n) is 5.48. The number of anilines is 1. The van der Waals surface area contributed by atoms with Crippen LogP contribution in [0.3, 0.4) is 0 Å². The Kier molecular flexibility index (Phi) is 3.06. The molecule has 0 bridgehead atoms. The van der Waals surface area contributed by atoms with Crippen molar-refractivity contribution in [3.8, 4) is 0 Å². The predicted octanol–water partition coefficient (Wildman–Crippen LogP) is 3.82. The van der Waals surface area contributed by atoms with Crippen LogP contribution in [0, 0.1) is 0 Å². The summed E-state index contributed by atoms with van der Waals surface area (Å²) in [5, 5.41) is 0.716. The fourth-order valence-corrected chi connectivity index (χ4v) is 3.22. The molecule has 20 heavy (non-hydrogen) atoms. The maximum Gasteiger partial charge on any atom is 0.237 e. The van der Waals surface area contributed by atoms with Crippen LogP contribution in [0.4, 0.5) is 5.69 Å². The fraction of sp³-hybridized carbons (Fsp3) is 0.235. The number of hydrogen-bond donors (Lipinski definition) is 0. The Balaban J connectivity index is 2.08. The maximum atomic E-state index is 12.7. The van der Waals surface area contributed by atoms with Gasteiger partial charge in [0.2, 0.25) is 5.91 Å². The molecule has 1 aliphatic rings. The highest BCUT2D eigenvalue weighted by atomic mass is 35.5. The van der Waals surface area contributed by atoms with Gasteiger partial charge in [-0.3, -0.25) is 4.79 Å². The summed E-state index contributed by atoms with van der Waals surface area (Å²) in [5.41, 5.74) is 2.53. The lowest BCUT2D eigenvalue weighted by Crippen LogP contribution is -2.37. The van der Waals surface area contributed by atoms with Gasteiger partial charge in [0.05, 0.1) is 5.41 Å². The molecule has 0 aromatic heterocycles. The third-order valence-electron chi connectivity index (χ3n) is 4.14. The van der Waals surface area contributed by atoms with Crippen molar-refractivity contribution in [1.29, 1.82) is 0 Å². The van der Waals surface area contributed by atoms with Gasteiger partial charge in [-0.1, -0.05) is 48.0 Å². The topological polar surface area (TPSA) is 20.3 Å². The van der Waals surface area contributed by atoms with Gasteiger partial charge in [0, 0.05) is 17.8 Å². The fourth-order valence-electron chi connectivity index (χ4n) is 3.02. The number of likely N-dealkylation sites (N-methyl/N-ethyl adjacent to an activating group) is 1. The molecule has 0 spiro atoms. The van der Waals surface area contributed by atoms with Crippen LogP contribution in [-0.2, 0) is 16.6 Å². The molecule has 1 unspecified atom stereocenters. The van der Waals surface area contributed by atoms with Crippen LogP contribution >= 0.6 is 11.6 Å². The van der Waals surface area contributed by atoms with Crippen molar-refractivity contribution in [1.82, 2.24) is 0 Å². The number of rotatable bonds is 2. The molecule has 0 N–H and O–H groups in total. The van der Waals surface area contributed by atoms with Gasteiger partial charge in [0.25, 0.3) is 0 Å². The number of hydrogen-bond acceptors (Lipinski definition) is 1. The summed E-state index contributed by atoms with van der Waals surface area (Å²) >= 11 is 6.25. The summed E-state index contributed by atoms with van der Waals surface area (Å²) < 4.78 is 0. The smallest absolute Gasteiger partial charge is 0.237 e. The van der Waals surface area contributed by atoms with Crippen molar-refractivity contribution >= 4 is 23.2 Å². The van der Waals surface area contributed by atoms with Crippen LogP contribution in [0.25, 0.3) is 0 Å². The average molecular weight is 286 g/mol. The Morgan fingerprint density at radius 2 is 1.75 bits per heavy atom. The van der Waals surface area contributed by atoms with E-state index in [1.165, 1.54) is 0 Å². The van der Waals surface area contributed by atoms with E-state index in [0.717, 1.165) is 16.8 Å². The summed E-state index contributed by atoms with van der Waals surface area (Å²) in [7, 11) is 1.83. The van der Waals surface area contributed by atoms with Crippen molar-refractivity contribution in [2.75, 3.05) is 11.9 Å². The van der Waals surface area contributed by atoms with E-state index in [9.17, 15) is 4.79 Å². The highest BCUT2D eigenvalue weighted by Gasteiger charge is 2.45. The van der Waals surface area contributed by atoms with Gasteiger partial charge >= 0.3 is 0 Å². The standard InChI is InChI=1S/C17H16ClNO/c1-17(11-12-7-3-5-9-14(12)18)13-8-4-6-10-15(13)19(2)16(17)20/h3-10H,11H2,1-2H3. The number of carbonyl (C=O) groups is 1. The predicted molar refractivity (Wildman–Crippen MR) is 82.4 cm³/mol. The third-order valence-corrected chi connectivity index (χ3v) is 4.51. The number of nitrogens with zero attached hydrogens (tertiary/aromatic N) is 1. The summed E-state index contributed by atoms with van der Waals surface area (Å²) in [6, 6.07) is 15.7. The molecule has 2 nitrogen and oxygen atoms in total. The zero-order valence-corrected chi connectivity index (χ0v) is 12.3. The first-order chi connectivity index (χ1) is 9.54. The highest BCUT2D eigenvalue weighted by molar-refractivity contribution is 6.31. The van der Waals surface area contributed by atoms with E-state index in [1.54, 1.807) is 4.90 Å². The molecule has 1 amide bonds. The zero-order valence-electron chi connectivity index (χ0n) is 11.6. The second-order valence-corrected chi connectivity index (χ2v) is 5.89. The minimum absolute atomic E-state index is 0.124. The molecule has 0 saturated carbocycles. The first-order valence-electron chi connectivity index (χ1n) is 6.65. The van der Waals surface area contributed by atoms with Gasteiger partial charge in [-0.25, -0.2) is 0 Å². The van der Waals surface area contributed by atoms with Crippen LogP contribution in [-0.4, -0.2) is 13.0 Å². The van der Waals surface area contributed by atoms with E-state index in [2.05, 4.69) is 0 Å². The molecule has 0 radical (unpaired) electrons. The summed E-state index contributed by atoms with van der Waals surface area (Å²) in [6.45, 7) is 2.00. The molecule has 1 atom stereocenters. The summed E-state index contributed by atoms with van der Waals surface area (Å²) in [6.07, 6.45) is 0.618. The molecule has 0 fully saturated rings. The van der Waals surface area contributed by atoms with Crippen LogP contribution in [0.15, 0.2) is 48.5 Å². The van der Waals surface area contributed by atoms with E-state index >= 15 is 0 Å². The lowest BCUT2D eigenvalue weighted by Gasteiger charge is -2.24. The average Bonchev–Trinajstić information content (AvgIpc) is 2.65.